The Morgan fingerprint density at radius 1 is 1.12 bits per heavy atom. The summed E-state index contributed by atoms with van der Waals surface area (Å²) in [6.07, 6.45) is 1.44. The molecule has 1 fully saturated rings. The van der Waals surface area contributed by atoms with Gasteiger partial charge in [0.25, 0.3) is 5.91 Å². The minimum atomic E-state index is -3.23. The summed E-state index contributed by atoms with van der Waals surface area (Å²) in [5, 5.41) is 2.56. The van der Waals surface area contributed by atoms with Gasteiger partial charge >= 0.3 is 11.9 Å². The molecule has 1 rings (SSSR count). The van der Waals surface area contributed by atoms with E-state index in [4.69, 9.17) is 9.47 Å². The van der Waals surface area contributed by atoms with Crippen molar-refractivity contribution in [3.63, 3.8) is 0 Å². The van der Waals surface area contributed by atoms with Gasteiger partial charge in [0.2, 0.25) is 10.0 Å². The number of piperidine rings is 1. The van der Waals surface area contributed by atoms with E-state index >= 15 is 0 Å². The molecule has 0 radical (unpaired) electrons. The van der Waals surface area contributed by atoms with Gasteiger partial charge in [0.1, 0.15) is 0 Å². The van der Waals surface area contributed by atoms with Crippen molar-refractivity contribution in [3.8, 4) is 0 Å². The molecule has 1 saturated heterocycles. The van der Waals surface area contributed by atoms with Crippen molar-refractivity contribution in [3.05, 3.63) is 0 Å². The fourth-order valence-corrected chi connectivity index (χ4v) is 3.68. The lowest BCUT2D eigenvalue weighted by Crippen LogP contribution is -2.41. The second kappa shape index (κ2) is 11.1. The highest BCUT2D eigenvalue weighted by molar-refractivity contribution is 7.89. The molecule has 0 unspecified atom stereocenters. The van der Waals surface area contributed by atoms with Crippen LogP contribution in [0.2, 0.25) is 0 Å². The molecule has 0 bridgehead atoms. The van der Waals surface area contributed by atoms with E-state index in [1.165, 1.54) is 4.31 Å². The number of hydrogen-bond donors (Lipinski definition) is 1. The number of rotatable bonds is 10. The molecule has 0 aromatic heterocycles. The number of nitrogens with zero attached hydrogens (tertiary/aromatic N) is 1. The largest absolute Gasteiger partial charge is 0.466 e. The van der Waals surface area contributed by atoms with Crippen LogP contribution in [0, 0.1) is 5.92 Å². The maximum atomic E-state index is 12.0. The van der Waals surface area contributed by atoms with Gasteiger partial charge in [-0.25, -0.2) is 12.7 Å². The van der Waals surface area contributed by atoms with Gasteiger partial charge in [0.05, 0.1) is 18.3 Å². The zero-order valence-corrected chi connectivity index (χ0v) is 16.2. The molecule has 0 aromatic rings. The number of carbonyl (C=O) groups is 3. The van der Waals surface area contributed by atoms with E-state index in [2.05, 4.69) is 5.32 Å². The summed E-state index contributed by atoms with van der Waals surface area (Å²) in [6, 6.07) is 0. The fraction of sp³-hybridized carbons (Fsp3) is 0.812. The summed E-state index contributed by atoms with van der Waals surface area (Å²) in [5.74, 6) is -1.59. The van der Waals surface area contributed by atoms with Crippen LogP contribution in [0.4, 0.5) is 0 Å². The van der Waals surface area contributed by atoms with Crippen molar-refractivity contribution in [1.82, 2.24) is 9.62 Å². The molecule has 1 aliphatic heterocycles. The predicted octanol–water partition coefficient (Wildman–Crippen LogP) is 0.0508. The lowest BCUT2D eigenvalue weighted by Gasteiger charge is -2.29. The molecule has 1 N–H and O–H groups in total. The number of sulfonamides is 1. The van der Waals surface area contributed by atoms with Crippen molar-refractivity contribution in [2.24, 2.45) is 5.92 Å². The first-order valence-electron chi connectivity index (χ1n) is 8.87. The average Bonchev–Trinajstić information content (AvgIpc) is 2.63. The van der Waals surface area contributed by atoms with Crippen LogP contribution in [-0.2, 0) is 33.9 Å². The molecule has 9 nitrogen and oxygen atoms in total. The number of ether oxygens (including phenoxy) is 2. The highest BCUT2D eigenvalue weighted by atomic mass is 32.2. The number of esters is 2. The lowest BCUT2D eigenvalue weighted by molar-refractivity contribution is -0.153. The van der Waals surface area contributed by atoms with Crippen molar-refractivity contribution in [1.29, 1.82) is 0 Å². The zero-order valence-electron chi connectivity index (χ0n) is 15.4. The average molecular weight is 392 g/mol. The van der Waals surface area contributed by atoms with Crippen LogP contribution < -0.4 is 5.32 Å². The maximum Gasteiger partial charge on any atom is 0.309 e. The molecular formula is C16H28N2O7S. The van der Waals surface area contributed by atoms with Gasteiger partial charge in [-0.05, 0) is 33.1 Å². The van der Waals surface area contributed by atoms with Crippen LogP contribution >= 0.6 is 0 Å². The molecule has 1 amide bonds. The smallest absolute Gasteiger partial charge is 0.309 e. The van der Waals surface area contributed by atoms with E-state index in [-0.39, 0.29) is 37.8 Å². The molecule has 0 saturated carbocycles. The van der Waals surface area contributed by atoms with Crippen molar-refractivity contribution < 1.29 is 32.3 Å². The van der Waals surface area contributed by atoms with Gasteiger partial charge in [0, 0.05) is 26.1 Å². The second-order valence-electron chi connectivity index (χ2n) is 5.94. The van der Waals surface area contributed by atoms with Crippen LogP contribution in [0.3, 0.4) is 0 Å². The van der Waals surface area contributed by atoms with Crippen LogP contribution in [0.15, 0.2) is 0 Å². The van der Waals surface area contributed by atoms with E-state index in [1.54, 1.807) is 13.8 Å². The monoisotopic (exact) mass is 392 g/mol. The van der Waals surface area contributed by atoms with E-state index in [1.807, 2.05) is 0 Å². The summed E-state index contributed by atoms with van der Waals surface area (Å²) in [6.45, 7) is 4.12. The molecule has 150 valence electrons. The standard InChI is InChI=1S/C16H28N2O7S/c1-3-24-15(20)6-5-9-17-14(19)12-25-16(21)13-7-10-18(11-8-13)26(22,23)4-2/h13H,3-12H2,1-2H3,(H,17,19). The molecule has 0 spiro atoms. The summed E-state index contributed by atoms with van der Waals surface area (Å²) < 4.78 is 34.7. The van der Waals surface area contributed by atoms with Gasteiger partial charge in [-0.15, -0.1) is 0 Å². The SMILES string of the molecule is CCOC(=O)CCCNC(=O)COC(=O)C1CCN(S(=O)(=O)CC)CC1. The van der Waals surface area contributed by atoms with Crippen LogP contribution in [0.5, 0.6) is 0 Å². The van der Waals surface area contributed by atoms with Crippen LogP contribution in [0.1, 0.15) is 39.5 Å². The molecule has 0 atom stereocenters. The van der Waals surface area contributed by atoms with Gasteiger partial charge in [-0.3, -0.25) is 14.4 Å². The molecule has 26 heavy (non-hydrogen) atoms. The predicted molar refractivity (Wildman–Crippen MR) is 93.6 cm³/mol. The van der Waals surface area contributed by atoms with Gasteiger partial charge in [0.15, 0.2) is 6.61 Å². The Hall–Kier alpha value is -1.68. The van der Waals surface area contributed by atoms with Crippen LogP contribution in [-0.4, -0.2) is 69.2 Å². The molecule has 0 aromatic carbocycles. The van der Waals surface area contributed by atoms with Crippen molar-refractivity contribution >= 4 is 27.9 Å². The number of amides is 1. The summed E-state index contributed by atoms with van der Waals surface area (Å²) in [4.78, 5) is 34.8. The Bertz CT molecular complexity index is 583. The zero-order chi connectivity index (χ0) is 19.6. The number of nitrogens with one attached hydrogen (secondary N) is 1. The summed E-state index contributed by atoms with van der Waals surface area (Å²) in [7, 11) is -3.23. The Morgan fingerprint density at radius 2 is 1.77 bits per heavy atom. The van der Waals surface area contributed by atoms with Crippen molar-refractivity contribution in [2.45, 2.75) is 39.5 Å². The Balaban J connectivity index is 2.20. The highest BCUT2D eigenvalue weighted by Gasteiger charge is 2.31. The fourth-order valence-electron chi connectivity index (χ4n) is 2.55. The van der Waals surface area contributed by atoms with Gasteiger partial charge in [-0.2, -0.15) is 0 Å². The molecule has 10 heteroatoms. The number of carbonyl (C=O) groups excluding carboxylic acids is 3. The van der Waals surface area contributed by atoms with Crippen molar-refractivity contribution in [2.75, 3.05) is 38.6 Å². The van der Waals surface area contributed by atoms with Gasteiger partial charge < -0.3 is 14.8 Å². The van der Waals surface area contributed by atoms with E-state index < -0.39 is 27.8 Å². The van der Waals surface area contributed by atoms with Gasteiger partial charge in [-0.1, -0.05) is 0 Å². The molecule has 1 aliphatic rings. The van der Waals surface area contributed by atoms with E-state index in [0.717, 1.165) is 0 Å². The van der Waals surface area contributed by atoms with E-state index in [9.17, 15) is 22.8 Å². The first-order valence-corrected chi connectivity index (χ1v) is 10.5. The number of hydrogen-bond acceptors (Lipinski definition) is 7. The molecule has 1 heterocycles. The topological polar surface area (TPSA) is 119 Å². The first kappa shape index (κ1) is 22.4. The lowest BCUT2D eigenvalue weighted by atomic mass is 9.98. The third-order valence-electron chi connectivity index (χ3n) is 4.08. The first-order chi connectivity index (χ1) is 12.3. The second-order valence-corrected chi connectivity index (χ2v) is 8.20. The third-order valence-corrected chi connectivity index (χ3v) is 5.96. The van der Waals surface area contributed by atoms with E-state index in [0.29, 0.717) is 32.4 Å². The summed E-state index contributed by atoms with van der Waals surface area (Å²) in [5.41, 5.74) is 0. The highest BCUT2D eigenvalue weighted by Crippen LogP contribution is 2.21. The quantitative estimate of drug-likeness (QED) is 0.412. The third kappa shape index (κ3) is 7.69. The maximum absolute atomic E-state index is 12.0. The minimum Gasteiger partial charge on any atom is -0.466 e. The van der Waals surface area contributed by atoms with Crippen LogP contribution in [0.25, 0.3) is 0 Å². The normalized spacial score (nSPS) is 16.1. The summed E-state index contributed by atoms with van der Waals surface area (Å²) >= 11 is 0. The molecular weight excluding hydrogens is 364 g/mol. The Kier molecular flexibility index (Phi) is 9.57. The Labute approximate surface area is 154 Å². The minimum absolute atomic E-state index is 0.0401. The molecule has 0 aliphatic carbocycles. The Morgan fingerprint density at radius 3 is 2.35 bits per heavy atom.